The number of sulfonamides is 1. The molecule has 1 N–H and O–H groups in total. The molecule has 1 fully saturated rings. The molecule has 0 atom stereocenters. The third-order valence-electron chi connectivity index (χ3n) is 3.39. The van der Waals surface area contributed by atoms with Gasteiger partial charge >= 0.3 is 0 Å². The van der Waals surface area contributed by atoms with Crippen LogP contribution in [-0.4, -0.2) is 31.9 Å². The third kappa shape index (κ3) is 4.31. The molecule has 0 amide bonds. The summed E-state index contributed by atoms with van der Waals surface area (Å²) in [5.41, 5.74) is 0. The lowest BCUT2D eigenvalue weighted by Gasteiger charge is -2.21. The summed E-state index contributed by atoms with van der Waals surface area (Å²) in [6.45, 7) is 7.39. The molecule has 1 aromatic heterocycles. The van der Waals surface area contributed by atoms with Gasteiger partial charge in [0.2, 0.25) is 10.0 Å². The van der Waals surface area contributed by atoms with Crippen LogP contribution < -0.4 is 5.32 Å². The van der Waals surface area contributed by atoms with Crippen molar-refractivity contribution in [1.82, 2.24) is 9.62 Å². The fraction of sp³-hybridized carbons (Fsp3) is 0.714. The summed E-state index contributed by atoms with van der Waals surface area (Å²) in [5, 5.41) is 3.32. The lowest BCUT2D eigenvalue weighted by atomic mass is 10.2. The van der Waals surface area contributed by atoms with Crippen molar-refractivity contribution >= 4 is 26.0 Å². The molecule has 1 aromatic rings. The van der Waals surface area contributed by atoms with Crippen LogP contribution in [0, 0.1) is 5.92 Å². The fourth-order valence-electron chi connectivity index (χ4n) is 2.14. The smallest absolute Gasteiger partial charge is 0.247 e. The number of furan rings is 1. The first-order valence-corrected chi connectivity index (χ1v) is 9.59. The van der Waals surface area contributed by atoms with E-state index in [0.717, 1.165) is 0 Å². The van der Waals surface area contributed by atoms with Crippen molar-refractivity contribution in [3.8, 4) is 0 Å². The lowest BCUT2D eigenvalue weighted by molar-refractivity contribution is 0.379. The van der Waals surface area contributed by atoms with Gasteiger partial charge in [0.15, 0.2) is 4.67 Å². The Morgan fingerprint density at radius 1 is 1.48 bits per heavy atom. The molecule has 1 saturated carbocycles. The van der Waals surface area contributed by atoms with Crippen LogP contribution in [0.15, 0.2) is 20.0 Å². The number of halogens is 1. The monoisotopic (exact) mass is 378 g/mol. The molecule has 0 saturated heterocycles. The van der Waals surface area contributed by atoms with Gasteiger partial charge < -0.3 is 9.73 Å². The highest BCUT2D eigenvalue weighted by Gasteiger charge is 2.29. The lowest BCUT2D eigenvalue weighted by Crippen LogP contribution is -2.34. The number of hydrogen-bond donors (Lipinski definition) is 1. The minimum atomic E-state index is -3.51. The van der Waals surface area contributed by atoms with E-state index in [2.05, 4.69) is 21.2 Å². The Kier molecular flexibility index (Phi) is 5.51. The largest absolute Gasteiger partial charge is 0.452 e. The first-order chi connectivity index (χ1) is 9.84. The number of hydrogen-bond acceptors (Lipinski definition) is 4. The second-order valence-corrected chi connectivity index (χ2v) is 8.48. The van der Waals surface area contributed by atoms with E-state index in [4.69, 9.17) is 4.42 Å². The molecule has 7 heteroatoms. The minimum Gasteiger partial charge on any atom is -0.452 e. The average molecular weight is 379 g/mol. The van der Waals surface area contributed by atoms with Crippen molar-refractivity contribution < 1.29 is 12.8 Å². The van der Waals surface area contributed by atoms with Gasteiger partial charge in [-0.3, -0.25) is 0 Å². The van der Waals surface area contributed by atoms with Gasteiger partial charge in [0, 0.05) is 25.2 Å². The molecular formula is C14H23BrN2O3S. The Bertz CT molecular complexity index is 579. The average Bonchev–Trinajstić information content (AvgIpc) is 3.15. The van der Waals surface area contributed by atoms with Crippen LogP contribution in [0.3, 0.4) is 0 Å². The second-order valence-electron chi connectivity index (χ2n) is 5.86. The van der Waals surface area contributed by atoms with Crippen LogP contribution in [0.4, 0.5) is 0 Å². The van der Waals surface area contributed by atoms with Gasteiger partial charge in [-0.05, 0) is 34.7 Å². The summed E-state index contributed by atoms with van der Waals surface area (Å²) in [6, 6.07) is 2.18. The molecule has 1 aliphatic rings. The summed E-state index contributed by atoms with van der Waals surface area (Å²) in [4.78, 5) is 0.220. The highest BCUT2D eigenvalue weighted by Crippen LogP contribution is 2.29. The molecule has 1 heterocycles. The minimum absolute atomic E-state index is 0.220. The molecule has 0 unspecified atom stereocenters. The maximum absolute atomic E-state index is 12.7. The Hall–Kier alpha value is -0.370. The van der Waals surface area contributed by atoms with E-state index in [-0.39, 0.29) is 15.5 Å². The first-order valence-electron chi connectivity index (χ1n) is 7.36. The maximum atomic E-state index is 12.7. The molecule has 0 aliphatic heterocycles. The Morgan fingerprint density at radius 3 is 2.67 bits per heavy atom. The molecule has 0 bridgehead atoms. The van der Waals surface area contributed by atoms with Crippen molar-refractivity contribution in [1.29, 1.82) is 0 Å². The van der Waals surface area contributed by atoms with Crippen LogP contribution >= 0.6 is 15.9 Å². The summed E-state index contributed by atoms with van der Waals surface area (Å²) in [7, 11) is -3.51. The molecule has 5 nitrogen and oxygen atoms in total. The maximum Gasteiger partial charge on any atom is 0.247 e. The van der Waals surface area contributed by atoms with E-state index in [1.54, 1.807) is 6.07 Å². The normalized spacial score (nSPS) is 16.1. The van der Waals surface area contributed by atoms with E-state index in [1.807, 2.05) is 20.8 Å². The zero-order valence-electron chi connectivity index (χ0n) is 12.7. The van der Waals surface area contributed by atoms with Crippen molar-refractivity contribution in [2.75, 3.05) is 13.1 Å². The third-order valence-corrected chi connectivity index (χ3v) is 6.19. The van der Waals surface area contributed by atoms with Gasteiger partial charge in [-0.15, -0.1) is 0 Å². The number of nitrogens with one attached hydrogen (secondary N) is 1. The fourth-order valence-corrected chi connectivity index (χ4v) is 4.71. The first kappa shape index (κ1) is 17.0. The molecule has 0 spiro atoms. The van der Waals surface area contributed by atoms with Crippen LogP contribution in [0.1, 0.15) is 39.4 Å². The number of rotatable bonds is 8. The summed E-state index contributed by atoms with van der Waals surface area (Å²) in [6.07, 6.45) is 2.37. The van der Waals surface area contributed by atoms with Gasteiger partial charge in [-0.25, -0.2) is 8.42 Å². The Balaban J connectivity index is 2.17. The zero-order valence-corrected chi connectivity index (χ0v) is 15.1. The van der Waals surface area contributed by atoms with E-state index < -0.39 is 10.0 Å². The van der Waals surface area contributed by atoms with Crippen molar-refractivity contribution in [3.05, 3.63) is 16.5 Å². The molecule has 120 valence electrons. The highest BCUT2D eigenvalue weighted by molar-refractivity contribution is 9.10. The van der Waals surface area contributed by atoms with E-state index in [9.17, 15) is 8.42 Å². The van der Waals surface area contributed by atoms with Gasteiger partial charge in [-0.2, -0.15) is 4.31 Å². The van der Waals surface area contributed by atoms with E-state index in [0.29, 0.717) is 31.4 Å². The SMILES string of the molecule is CCN(CC(C)C)S(=O)(=O)c1cc(CNC2CC2)oc1Br. The summed E-state index contributed by atoms with van der Waals surface area (Å²) < 4.78 is 32.7. The standard InChI is InChI=1S/C14H23BrN2O3S/c1-4-17(9-10(2)3)21(18,19)13-7-12(20-14(13)15)8-16-11-5-6-11/h7,10-11,16H,4-6,8-9H2,1-3H3. The van der Waals surface area contributed by atoms with Crippen LogP contribution in [0.5, 0.6) is 0 Å². The van der Waals surface area contributed by atoms with E-state index in [1.165, 1.54) is 17.1 Å². The van der Waals surface area contributed by atoms with Gasteiger partial charge in [0.1, 0.15) is 10.7 Å². The second kappa shape index (κ2) is 6.81. The quantitative estimate of drug-likeness (QED) is 0.755. The summed E-state index contributed by atoms with van der Waals surface area (Å²) in [5.74, 6) is 0.925. The van der Waals surface area contributed by atoms with Crippen molar-refractivity contribution in [3.63, 3.8) is 0 Å². The molecule has 2 rings (SSSR count). The zero-order chi connectivity index (χ0) is 15.6. The predicted molar refractivity (Wildman–Crippen MR) is 85.5 cm³/mol. The molecule has 21 heavy (non-hydrogen) atoms. The highest BCUT2D eigenvalue weighted by atomic mass is 79.9. The van der Waals surface area contributed by atoms with Crippen molar-refractivity contribution in [2.24, 2.45) is 5.92 Å². The van der Waals surface area contributed by atoms with Crippen LogP contribution in [-0.2, 0) is 16.6 Å². The predicted octanol–water partition coefficient (Wildman–Crippen LogP) is 2.96. The Labute approximate surface area is 135 Å². The van der Waals surface area contributed by atoms with Gasteiger partial charge in [-0.1, -0.05) is 20.8 Å². The topological polar surface area (TPSA) is 62.6 Å². The molecule has 0 radical (unpaired) electrons. The molecule has 1 aliphatic carbocycles. The van der Waals surface area contributed by atoms with E-state index >= 15 is 0 Å². The Morgan fingerprint density at radius 2 is 2.14 bits per heavy atom. The number of nitrogens with zero attached hydrogens (tertiary/aromatic N) is 1. The van der Waals surface area contributed by atoms with Gasteiger partial charge in [0.05, 0.1) is 6.54 Å². The van der Waals surface area contributed by atoms with Crippen LogP contribution in [0.2, 0.25) is 0 Å². The molecule has 0 aromatic carbocycles. The van der Waals surface area contributed by atoms with Crippen LogP contribution in [0.25, 0.3) is 0 Å². The molecular weight excluding hydrogens is 356 g/mol. The van der Waals surface area contributed by atoms with Crippen molar-refractivity contribution in [2.45, 2.75) is 51.1 Å². The van der Waals surface area contributed by atoms with Gasteiger partial charge in [0.25, 0.3) is 0 Å². The summed E-state index contributed by atoms with van der Waals surface area (Å²) >= 11 is 3.24.